The Morgan fingerprint density at radius 2 is 0.615 bits per heavy atom. The second kappa shape index (κ2) is 53.2. The standard InChI is InChI=1S/C59H100O6/c1-4-7-10-13-15-17-19-20-21-22-23-24-25-26-27-28-29-30-31-32-33-34-35-36-37-38-40-41-43-46-49-52-58(61)64-55-56(54-63-57(60)51-48-45-12-9-6-3)65-59(62)53-50-47-44-42-39-18-16-14-11-8-5-2/h7,10,14-17,20-21,23-24,26-27,29-30,56H,4-6,8-9,11-13,18-19,22,25,28,31-55H2,1-3H3/b10-7-,16-14-,17-15-,21-20-,24-23-,27-26-,30-29-. The molecule has 0 fully saturated rings. The minimum atomic E-state index is -0.775. The SMILES string of the molecule is CC/C=C\C/C=C\C/C=C\C/C=C\C/C=C\C/C=C\CCCCCCCCCCCCCCC(=O)OCC(COC(=O)CCCCCCC)OC(=O)CCCCCCC/C=C\CCCC. The molecule has 0 aliphatic carbocycles. The molecule has 0 aliphatic heterocycles. The van der Waals surface area contributed by atoms with E-state index in [4.69, 9.17) is 14.2 Å². The Labute approximate surface area is 401 Å². The summed E-state index contributed by atoms with van der Waals surface area (Å²) in [6.07, 6.45) is 69.1. The molecule has 0 amide bonds. The summed E-state index contributed by atoms with van der Waals surface area (Å²) in [4.78, 5) is 37.6. The van der Waals surface area contributed by atoms with Gasteiger partial charge in [0, 0.05) is 19.3 Å². The Balaban J connectivity index is 3.99. The highest BCUT2D eigenvalue weighted by atomic mass is 16.6. The van der Waals surface area contributed by atoms with Crippen LogP contribution in [0.3, 0.4) is 0 Å². The van der Waals surface area contributed by atoms with E-state index in [9.17, 15) is 14.4 Å². The third-order valence-corrected chi connectivity index (χ3v) is 11.4. The molecule has 0 heterocycles. The van der Waals surface area contributed by atoms with E-state index < -0.39 is 6.10 Å². The molecular formula is C59H100O6. The van der Waals surface area contributed by atoms with Crippen LogP contribution in [-0.4, -0.2) is 37.2 Å². The molecular weight excluding hydrogens is 805 g/mol. The van der Waals surface area contributed by atoms with Gasteiger partial charge in [0.1, 0.15) is 13.2 Å². The van der Waals surface area contributed by atoms with Crippen LogP contribution in [0.15, 0.2) is 85.1 Å². The van der Waals surface area contributed by atoms with Gasteiger partial charge in [0.05, 0.1) is 0 Å². The summed E-state index contributed by atoms with van der Waals surface area (Å²) in [6, 6.07) is 0. The Morgan fingerprint density at radius 1 is 0.323 bits per heavy atom. The molecule has 0 spiro atoms. The minimum absolute atomic E-state index is 0.0797. The first kappa shape index (κ1) is 61.6. The van der Waals surface area contributed by atoms with E-state index in [0.29, 0.717) is 19.3 Å². The zero-order valence-corrected chi connectivity index (χ0v) is 42.5. The molecule has 0 radical (unpaired) electrons. The van der Waals surface area contributed by atoms with Crippen molar-refractivity contribution in [2.24, 2.45) is 0 Å². The van der Waals surface area contributed by atoms with Crippen LogP contribution in [0, 0.1) is 0 Å². The predicted octanol–water partition coefficient (Wildman–Crippen LogP) is 18.0. The van der Waals surface area contributed by atoms with Crippen molar-refractivity contribution in [2.45, 2.75) is 258 Å². The van der Waals surface area contributed by atoms with Gasteiger partial charge in [-0.1, -0.05) is 228 Å². The van der Waals surface area contributed by atoms with Gasteiger partial charge in [0.2, 0.25) is 0 Å². The molecule has 0 aromatic carbocycles. The summed E-state index contributed by atoms with van der Waals surface area (Å²) in [6.45, 7) is 6.39. The number of ether oxygens (including phenoxy) is 3. The summed E-state index contributed by atoms with van der Waals surface area (Å²) in [5.41, 5.74) is 0. The molecule has 6 nitrogen and oxygen atoms in total. The van der Waals surface area contributed by atoms with E-state index in [2.05, 4.69) is 106 Å². The molecule has 0 bridgehead atoms. The fraction of sp³-hybridized carbons (Fsp3) is 0.712. The topological polar surface area (TPSA) is 78.9 Å². The second-order valence-electron chi connectivity index (χ2n) is 17.8. The van der Waals surface area contributed by atoms with Gasteiger partial charge < -0.3 is 14.2 Å². The van der Waals surface area contributed by atoms with E-state index >= 15 is 0 Å². The molecule has 0 saturated heterocycles. The highest BCUT2D eigenvalue weighted by molar-refractivity contribution is 5.71. The summed E-state index contributed by atoms with van der Waals surface area (Å²) in [5, 5.41) is 0. The van der Waals surface area contributed by atoms with E-state index in [1.807, 2.05) is 0 Å². The van der Waals surface area contributed by atoms with Crippen molar-refractivity contribution in [3.8, 4) is 0 Å². The van der Waals surface area contributed by atoms with Gasteiger partial charge in [-0.2, -0.15) is 0 Å². The molecule has 65 heavy (non-hydrogen) atoms. The van der Waals surface area contributed by atoms with Crippen LogP contribution >= 0.6 is 0 Å². The molecule has 0 saturated carbocycles. The third kappa shape index (κ3) is 51.4. The Kier molecular flexibility index (Phi) is 50.4. The fourth-order valence-corrected chi connectivity index (χ4v) is 7.31. The lowest BCUT2D eigenvalue weighted by Gasteiger charge is -2.18. The number of carbonyl (C=O) groups excluding carboxylic acids is 3. The average Bonchev–Trinajstić information content (AvgIpc) is 3.30. The number of allylic oxidation sites excluding steroid dienone is 14. The molecule has 1 atom stereocenters. The highest BCUT2D eigenvalue weighted by Gasteiger charge is 2.19. The molecule has 6 heteroatoms. The number of carbonyl (C=O) groups is 3. The Morgan fingerprint density at radius 3 is 1.00 bits per heavy atom. The summed E-state index contributed by atoms with van der Waals surface area (Å²) >= 11 is 0. The van der Waals surface area contributed by atoms with E-state index in [1.54, 1.807) is 0 Å². The van der Waals surface area contributed by atoms with Crippen molar-refractivity contribution in [2.75, 3.05) is 13.2 Å². The van der Waals surface area contributed by atoms with Crippen molar-refractivity contribution in [3.63, 3.8) is 0 Å². The molecule has 0 rings (SSSR count). The van der Waals surface area contributed by atoms with Crippen molar-refractivity contribution >= 4 is 17.9 Å². The zero-order valence-electron chi connectivity index (χ0n) is 42.5. The molecule has 0 aromatic heterocycles. The Bertz CT molecular complexity index is 1270. The highest BCUT2D eigenvalue weighted by Crippen LogP contribution is 2.15. The van der Waals surface area contributed by atoms with Crippen molar-refractivity contribution in [1.29, 1.82) is 0 Å². The quantitative estimate of drug-likeness (QED) is 0.0262. The van der Waals surface area contributed by atoms with Crippen LogP contribution < -0.4 is 0 Å². The average molecular weight is 905 g/mol. The zero-order chi connectivity index (χ0) is 47.2. The fourth-order valence-electron chi connectivity index (χ4n) is 7.31. The van der Waals surface area contributed by atoms with Crippen LogP contribution in [0.1, 0.15) is 252 Å². The van der Waals surface area contributed by atoms with Crippen molar-refractivity contribution in [3.05, 3.63) is 85.1 Å². The van der Waals surface area contributed by atoms with Crippen molar-refractivity contribution < 1.29 is 28.6 Å². The van der Waals surface area contributed by atoms with Gasteiger partial charge in [-0.15, -0.1) is 0 Å². The predicted molar refractivity (Wildman–Crippen MR) is 279 cm³/mol. The molecule has 0 aromatic rings. The largest absolute Gasteiger partial charge is 0.462 e. The molecule has 0 aliphatic rings. The number of esters is 3. The van der Waals surface area contributed by atoms with Crippen LogP contribution in [0.5, 0.6) is 0 Å². The third-order valence-electron chi connectivity index (χ3n) is 11.4. The smallest absolute Gasteiger partial charge is 0.306 e. The lowest BCUT2D eigenvalue weighted by atomic mass is 10.0. The van der Waals surface area contributed by atoms with Crippen LogP contribution in [0.4, 0.5) is 0 Å². The maximum absolute atomic E-state index is 12.7. The van der Waals surface area contributed by atoms with E-state index in [0.717, 1.165) is 116 Å². The molecule has 372 valence electrons. The van der Waals surface area contributed by atoms with E-state index in [1.165, 1.54) is 96.3 Å². The van der Waals surface area contributed by atoms with Gasteiger partial charge in [0.25, 0.3) is 0 Å². The van der Waals surface area contributed by atoms with Gasteiger partial charge in [-0.25, -0.2) is 0 Å². The second-order valence-corrected chi connectivity index (χ2v) is 17.8. The van der Waals surface area contributed by atoms with Gasteiger partial charge in [-0.05, 0) is 89.9 Å². The monoisotopic (exact) mass is 905 g/mol. The normalized spacial score (nSPS) is 12.7. The summed E-state index contributed by atoms with van der Waals surface area (Å²) < 4.78 is 16.6. The van der Waals surface area contributed by atoms with Crippen LogP contribution in [-0.2, 0) is 28.6 Å². The van der Waals surface area contributed by atoms with Gasteiger partial charge in [-0.3, -0.25) is 14.4 Å². The van der Waals surface area contributed by atoms with E-state index in [-0.39, 0.29) is 31.1 Å². The lowest BCUT2D eigenvalue weighted by Crippen LogP contribution is -2.30. The first-order valence-corrected chi connectivity index (χ1v) is 27.1. The van der Waals surface area contributed by atoms with Crippen LogP contribution in [0.2, 0.25) is 0 Å². The van der Waals surface area contributed by atoms with Crippen molar-refractivity contribution in [1.82, 2.24) is 0 Å². The number of rotatable bonds is 48. The first-order valence-electron chi connectivity index (χ1n) is 27.1. The summed E-state index contributed by atoms with van der Waals surface area (Å²) in [5.74, 6) is -0.906. The minimum Gasteiger partial charge on any atom is -0.462 e. The number of unbranched alkanes of at least 4 members (excludes halogenated alkanes) is 23. The lowest BCUT2D eigenvalue weighted by molar-refractivity contribution is -0.167. The van der Waals surface area contributed by atoms with Crippen LogP contribution in [0.25, 0.3) is 0 Å². The first-order chi connectivity index (χ1) is 32.0. The van der Waals surface area contributed by atoms with Gasteiger partial charge >= 0.3 is 17.9 Å². The maximum Gasteiger partial charge on any atom is 0.306 e. The number of hydrogen-bond acceptors (Lipinski definition) is 6. The molecule has 0 N–H and O–H groups in total. The number of hydrogen-bond donors (Lipinski definition) is 0. The maximum atomic E-state index is 12.7. The molecule has 1 unspecified atom stereocenters. The summed E-state index contributed by atoms with van der Waals surface area (Å²) in [7, 11) is 0. The Hall–Kier alpha value is -3.41. The van der Waals surface area contributed by atoms with Gasteiger partial charge in [0.15, 0.2) is 6.10 Å².